The number of carbonyl (C=O) groups is 1. The van der Waals surface area contributed by atoms with Crippen LogP contribution in [0.1, 0.15) is 40.2 Å². The van der Waals surface area contributed by atoms with E-state index >= 15 is 0 Å². The van der Waals surface area contributed by atoms with Gasteiger partial charge in [0.1, 0.15) is 16.8 Å². The van der Waals surface area contributed by atoms with Crippen molar-refractivity contribution >= 4 is 33.7 Å². The monoisotopic (exact) mass is 341 g/mol. The van der Waals surface area contributed by atoms with Gasteiger partial charge in [-0.2, -0.15) is 0 Å². The van der Waals surface area contributed by atoms with Crippen molar-refractivity contribution in [3.05, 3.63) is 42.0 Å². The van der Waals surface area contributed by atoms with E-state index in [1.54, 1.807) is 40.7 Å². The van der Waals surface area contributed by atoms with Gasteiger partial charge in [0, 0.05) is 16.3 Å². The molecular weight excluding hydrogens is 318 g/mol. The van der Waals surface area contributed by atoms with Gasteiger partial charge in [0.25, 0.3) is 0 Å². The molecule has 1 heterocycles. The van der Waals surface area contributed by atoms with E-state index in [9.17, 15) is 9.90 Å². The van der Waals surface area contributed by atoms with Gasteiger partial charge in [-0.05, 0) is 52.8 Å². The van der Waals surface area contributed by atoms with E-state index in [-0.39, 0.29) is 0 Å². The Morgan fingerprint density at radius 1 is 1.04 bits per heavy atom. The molecule has 0 bridgehead atoms. The zero-order valence-corrected chi connectivity index (χ0v) is 15.1. The van der Waals surface area contributed by atoms with Crippen LogP contribution in [0, 0.1) is 0 Å². The molecule has 2 aromatic carbocycles. The second kappa shape index (κ2) is 5.77. The van der Waals surface area contributed by atoms with Gasteiger partial charge in [-0.15, -0.1) is 0 Å². The minimum Gasteiger partial charge on any atom is -0.456 e. The molecule has 25 heavy (non-hydrogen) atoms. The van der Waals surface area contributed by atoms with Gasteiger partial charge in [-0.3, -0.25) is 5.32 Å². The van der Waals surface area contributed by atoms with Crippen LogP contribution in [-0.4, -0.2) is 16.8 Å². The molecule has 0 unspecified atom stereocenters. The Bertz CT molecular complexity index is 942. The smallest absolute Gasteiger partial charge is 0.412 e. The van der Waals surface area contributed by atoms with Crippen molar-refractivity contribution in [2.45, 2.75) is 45.8 Å². The second-order valence-corrected chi connectivity index (χ2v) is 7.65. The van der Waals surface area contributed by atoms with Gasteiger partial charge in [-0.1, -0.05) is 18.2 Å². The molecule has 0 saturated heterocycles. The quantitative estimate of drug-likeness (QED) is 0.675. The normalized spacial score (nSPS) is 12.6. The van der Waals surface area contributed by atoms with Crippen LogP contribution < -0.4 is 5.32 Å². The summed E-state index contributed by atoms with van der Waals surface area (Å²) in [4.78, 5) is 12.2. The number of anilines is 1. The second-order valence-electron chi connectivity index (χ2n) is 7.65. The van der Waals surface area contributed by atoms with Gasteiger partial charge >= 0.3 is 6.09 Å². The number of ether oxygens (including phenoxy) is 1. The fourth-order valence-electron chi connectivity index (χ4n) is 2.91. The van der Waals surface area contributed by atoms with E-state index in [1.165, 1.54) is 0 Å². The molecule has 5 heteroatoms. The number of hydrogen-bond donors (Lipinski definition) is 2. The maximum Gasteiger partial charge on any atom is 0.412 e. The fourth-order valence-corrected chi connectivity index (χ4v) is 2.91. The molecular formula is C20H23NO4. The average molecular weight is 341 g/mol. The molecule has 0 fully saturated rings. The lowest BCUT2D eigenvalue weighted by atomic mass is 9.94. The number of fused-ring (bicyclic) bond motifs is 3. The zero-order chi connectivity index (χ0) is 18.4. The van der Waals surface area contributed by atoms with Crippen molar-refractivity contribution in [1.82, 2.24) is 0 Å². The number of rotatable bonds is 2. The summed E-state index contributed by atoms with van der Waals surface area (Å²) in [7, 11) is 0. The Balaban J connectivity index is 2.16. The lowest BCUT2D eigenvalue weighted by Gasteiger charge is -2.24. The van der Waals surface area contributed by atoms with E-state index in [2.05, 4.69) is 5.32 Å². The summed E-state index contributed by atoms with van der Waals surface area (Å²) in [5.41, 5.74) is 0.459. The van der Waals surface area contributed by atoms with Crippen LogP contribution in [0.3, 0.4) is 0 Å². The molecule has 3 aromatic rings. The molecule has 5 nitrogen and oxygen atoms in total. The van der Waals surface area contributed by atoms with Crippen LogP contribution in [0.2, 0.25) is 0 Å². The highest BCUT2D eigenvalue weighted by molar-refractivity contribution is 6.08. The van der Waals surface area contributed by atoms with Crippen molar-refractivity contribution < 1.29 is 19.1 Å². The number of carbonyl (C=O) groups excluding carboxylic acids is 1. The van der Waals surface area contributed by atoms with Crippen LogP contribution in [0.5, 0.6) is 0 Å². The number of nitrogens with one attached hydrogen (secondary N) is 1. The Morgan fingerprint density at radius 2 is 1.72 bits per heavy atom. The highest BCUT2D eigenvalue weighted by atomic mass is 16.6. The first-order chi connectivity index (χ1) is 11.6. The van der Waals surface area contributed by atoms with Crippen molar-refractivity contribution in [2.75, 3.05) is 5.32 Å². The van der Waals surface area contributed by atoms with Crippen LogP contribution in [0.4, 0.5) is 10.5 Å². The predicted octanol–water partition coefficient (Wildman–Crippen LogP) is 5.16. The minimum atomic E-state index is -1.21. The summed E-state index contributed by atoms with van der Waals surface area (Å²) in [5, 5.41) is 15.3. The molecule has 132 valence electrons. The molecule has 3 rings (SSSR count). The summed E-state index contributed by atoms with van der Waals surface area (Å²) in [5.74, 6) is 0. The van der Waals surface area contributed by atoms with Crippen molar-refractivity contribution in [1.29, 1.82) is 0 Å². The van der Waals surface area contributed by atoms with Gasteiger partial charge < -0.3 is 14.3 Å². The molecule has 1 aromatic heterocycles. The van der Waals surface area contributed by atoms with Crippen LogP contribution in [0.25, 0.3) is 21.9 Å². The third-order valence-corrected chi connectivity index (χ3v) is 3.79. The van der Waals surface area contributed by atoms with E-state index in [4.69, 9.17) is 9.15 Å². The standard InChI is InChI=1S/C20H23NO4/c1-19(2,3)25-18(22)21-14-11-10-13-12-8-6-7-9-15(12)24-17(13)16(14)20(4,5)23/h6-11,23H,1-5H3,(H,21,22). The third-order valence-electron chi connectivity index (χ3n) is 3.79. The van der Waals surface area contributed by atoms with Gasteiger partial charge in [0.15, 0.2) is 0 Å². The van der Waals surface area contributed by atoms with Gasteiger partial charge in [0.2, 0.25) is 0 Å². The largest absolute Gasteiger partial charge is 0.456 e. The lowest BCUT2D eigenvalue weighted by molar-refractivity contribution is 0.0633. The highest BCUT2D eigenvalue weighted by Crippen LogP contribution is 2.39. The molecule has 0 saturated carbocycles. The Hall–Kier alpha value is -2.53. The fraction of sp³-hybridized carbons (Fsp3) is 0.350. The number of amides is 1. The van der Waals surface area contributed by atoms with Crippen molar-refractivity contribution in [3.63, 3.8) is 0 Å². The van der Waals surface area contributed by atoms with E-state index < -0.39 is 17.3 Å². The topological polar surface area (TPSA) is 71.7 Å². The summed E-state index contributed by atoms with van der Waals surface area (Å²) < 4.78 is 11.3. The number of para-hydroxylation sites is 1. The molecule has 1 amide bonds. The number of furan rings is 1. The maximum absolute atomic E-state index is 12.2. The minimum absolute atomic E-state index is 0.466. The first-order valence-electron chi connectivity index (χ1n) is 8.23. The van der Waals surface area contributed by atoms with Crippen LogP contribution in [-0.2, 0) is 10.3 Å². The summed E-state index contributed by atoms with van der Waals surface area (Å²) >= 11 is 0. The number of hydrogen-bond acceptors (Lipinski definition) is 4. The van der Waals surface area contributed by atoms with Gasteiger partial charge in [0.05, 0.1) is 11.3 Å². The van der Waals surface area contributed by atoms with E-state index in [0.717, 1.165) is 16.4 Å². The SMILES string of the molecule is CC(C)(C)OC(=O)Nc1ccc2c(oc3ccccc32)c1C(C)(C)O. The molecule has 0 spiro atoms. The van der Waals surface area contributed by atoms with Gasteiger partial charge in [-0.25, -0.2) is 4.79 Å². The lowest BCUT2D eigenvalue weighted by Crippen LogP contribution is -2.28. The molecule has 2 N–H and O–H groups in total. The molecule has 0 aliphatic heterocycles. The van der Waals surface area contributed by atoms with Crippen LogP contribution in [0.15, 0.2) is 40.8 Å². The highest BCUT2D eigenvalue weighted by Gasteiger charge is 2.28. The first-order valence-corrected chi connectivity index (χ1v) is 8.23. The molecule has 0 atom stereocenters. The average Bonchev–Trinajstić information content (AvgIpc) is 2.81. The maximum atomic E-state index is 12.2. The summed E-state index contributed by atoms with van der Waals surface area (Å²) in [6, 6.07) is 11.3. The van der Waals surface area contributed by atoms with Crippen molar-refractivity contribution in [2.24, 2.45) is 0 Å². The number of aliphatic hydroxyl groups is 1. The Morgan fingerprint density at radius 3 is 2.36 bits per heavy atom. The Labute approximate surface area is 146 Å². The summed E-state index contributed by atoms with van der Waals surface area (Å²) in [6.45, 7) is 8.72. The molecule has 0 aliphatic rings. The summed E-state index contributed by atoms with van der Waals surface area (Å²) in [6.07, 6.45) is -0.575. The Kier molecular flexibility index (Phi) is 4.00. The van der Waals surface area contributed by atoms with E-state index in [1.807, 2.05) is 30.3 Å². The predicted molar refractivity (Wildman–Crippen MR) is 98.8 cm³/mol. The zero-order valence-electron chi connectivity index (χ0n) is 15.1. The molecule has 0 aliphatic carbocycles. The van der Waals surface area contributed by atoms with Crippen LogP contribution >= 0.6 is 0 Å². The third kappa shape index (κ3) is 3.46. The van der Waals surface area contributed by atoms with Crippen molar-refractivity contribution in [3.8, 4) is 0 Å². The first kappa shape index (κ1) is 17.3. The molecule has 0 radical (unpaired) electrons. The number of benzene rings is 2. The van der Waals surface area contributed by atoms with E-state index in [0.29, 0.717) is 16.8 Å².